The summed E-state index contributed by atoms with van der Waals surface area (Å²) in [7, 11) is 1.64. The molecule has 0 unspecified atom stereocenters. The lowest BCUT2D eigenvalue weighted by Crippen LogP contribution is -1.87. The molecule has 0 aliphatic carbocycles. The average Bonchev–Trinajstić information content (AvgIpc) is 3.11. The van der Waals surface area contributed by atoms with Gasteiger partial charge in [0.2, 0.25) is 11.8 Å². The SMILES string of the molecule is COc1cccc(CSCc2nnc(-c3ccc([N+](=O)[O-])cc3)o2)c1. The molecule has 1 aromatic heterocycles. The van der Waals surface area contributed by atoms with Gasteiger partial charge in [0, 0.05) is 23.4 Å². The fraction of sp³-hybridized carbons (Fsp3) is 0.176. The van der Waals surface area contributed by atoms with Crippen LogP contribution in [0.5, 0.6) is 5.75 Å². The Balaban J connectivity index is 1.59. The lowest BCUT2D eigenvalue weighted by molar-refractivity contribution is -0.384. The number of nitro groups is 1. The van der Waals surface area contributed by atoms with Crippen LogP contribution in [-0.2, 0) is 11.5 Å². The summed E-state index contributed by atoms with van der Waals surface area (Å²) in [4.78, 5) is 10.2. The van der Waals surface area contributed by atoms with E-state index < -0.39 is 4.92 Å². The monoisotopic (exact) mass is 357 g/mol. The summed E-state index contributed by atoms with van der Waals surface area (Å²) in [6.07, 6.45) is 0. The third-order valence-electron chi connectivity index (χ3n) is 3.42. The number of nitrogens with zero attached hydrogens (tertiary/aromatic N) is 3. The van der Waals surface area contributed by atoms with Gasteiger partial charge in [-0.15, -0.1) is 22.0 Å². The lowest BCUT2D eigenvalue weighted by Gasteiger charge is -2.03. The second kappa shape index (κ2) is 7.80. The summed E-state index contributed by atoms with van der Waals surface area (Å²) in [6, 6.07) is 13.9. The maximum Gasteiger partial charge on any atom is 0.269 e. The number of hydrogen-bond donors (Lipinski definition) is 0. The zero-order valence-electron chi connectivity index (χ0n) is 13.4. The quantitative estimate of drug-likeness (QED) is 0.464. The molecule has 0 amide bonds. The Morgan fingerprint density at radius 1 is 1.16 bits per heavy atom. The normalized spacial score (nSPS) is 10.6. The Hall–Kier alpha value is -2.87. The van der Waals surface area contributed by atoms with E-state index in [9.17, 15) is 10.1 Å². The summed E-state index contributed by atoms with van der Waals surface area (Å²) in [5.74, 6) is 3.08. The van der Waals surface area contributed by atoms with Crippen molar-refractivity contribution in [3.63, 3.8) is 0 Å². The lowest BCUT2D eigenvalue weighted by atomic mass is 10.2. The van der Waals surface area contributed by atoms with Gasteiger partial charge in [-0.1, -0.05) is 12.1 Å². The molecular weight excluding hydrogens is 342 g/mol. The minimum absolute atomic E-state index is 0.0253. The molecule has 7 nitrogen and oxygen atoms in total. The number of aromatic nitrogens is 2. The summed E-state index contributed by atoms with van der Waals surface area (Å²) < 4.78 is 10.8. The molecule has 8 heteroatoms. The first-order valence-electron chi connectivity index (χ1n) is 7.43. The average molecular weight is 357 g/mol. The molecule has 0 aliphatic rings. The van der Waals surface area contributed by atoms with Gasteiger partial charge in [0.1, 0.15) is 5.75 Å². The van der Waals surface area contributed by atoms with Crippen molar-refractivity contribution in [2.45, 2.75) is 11.5 Å². The van der Waals surface area contributed by atoms with Gasteiger partial charge in [-0.05, 0) is 29.8 Å². The molecular formula is C17H15N3O4S. The second-order valence-corrected chi connectivity index (χ2v) is 6.13. The van der Waals surface area contributed by atoms with Crippen LogP contribution in [-0.4, -0.2) is 22.2 Å². The summed E-state index contributed by atoms with van der Waals surface area (Å²) >= 11 is 1.65. The van der Waals surface area contributed by atoms with Gasteiger partial charge in [0.25, 0.3) is 5.69 Å². The van der Waals surface area contributed by atoms with Crippen molar-refractivity contribution in [3.05, 3.63) is 70.1 Å². The summed E-state index contributed by atoms with van der Waals surface area (Å²) in [5, 5.41) is 18.7. The Bertz CT molecular complexity index is 864. The van der Waals surface area contributed by atoms with Crippen LogP contribution in [0.2, 0.25) is 0 Å². The van der Waals surface area contributed by atoms with Crippen molar-refractivity contribution in [2.24, 2.45) is 0 Å². The Morgan fingerprint density at radius 2 is 1.96 bits per heavy atom. The van der Waals surface area contributed by atoms with Crippen LogP contribution in [0.25, 0.3) is 11.5 Å². The highest BCUT2D eigenvalue weighted by atomic mass is 32.2. The van der Waals surface area contributed by atoms with E-state index in [0.29, 0.717) is 23.1 Å². The molecule has 25 heavy (non-hydrogen) atoms. The van der Waals surface area contributed by atoms with Gasteiger partial charge >= 0.3 is 0 Å². The minimum atomic E-state index is -0.446. The van der Waals surface area contributed by atoms with Crippen molar-refractivity contribution in [3.8, 4) is 17.2 Å². The van der Waals surface area contributed by atoms with Crippen LogP contribution in [0, 0.1) is 10.1 Å². The van der Waals surface area contributed by atoms with Gasteiger partial charge < -0.3 is 9.15 Å². The molecule has 128 valence electrons. The number of nitro benzene ring substituents is 1. The second-order valence-electron chi connectivity index (χ2n) is 5.15. The first kappa shape index (κ1) is 17.0. The zero-order chi connectivity index (χ0) is 17.6. The first-order valence-corrected chi connectivity index (χ1v) is 8.59. The smallest absolute Gasteiger partial charge is 0.269 e. The number of thioether (sulfide) groups is 1. The molecule has 0 radical (unpaired) electrons. The van der Waals surface area contributed by atoms with E-state index in [4.69, 9.17) is 9.15 Å². The third kappa shape index (κ3) is 4.36. The van der Waals surface area contributed by atoms with Crippen LogP contribution in [0.15, 0.2) is 52.9 Å². The molecule has 0 saturated carbocycles. The Morgan fingerprint density at radius 3 is 2.68 bits per heavy atom. The fourth-order valence-electron chi connectivity index (χ4n) is 2.17. The molecule has 1 heterocycles. The van der Waals surface area contributed by atoms with Crippen molar-refractivity contribution in [2.75, 3.05) is 7.11 Å². The van der Waals surface area contributed by atoms with Gasteiger partial charge in [0.15, 0.2) is 0 Å². The van der Waals surface area contributed by atoms with E-state index in [1.807, 2.05) is 24.3 Å². The number of methoxy groups -OCH3 is 1. The maximum atomic E-state index is 10.7. The first-order chi connectivity index (χ1) is 12.2. The standard InChI is InChI=1S/C17H15N3O4S/c1-23-15-4-2-3-12(9-15)10-25-11-16-18-19-17(24-16)13-5-7-14(8-6-13)20(21)22/h2-9H,10-11H2,1H3. The zero-order valence-corrected chi connectivity index (χ0v) is 14.2. The van der Waals surface area contributed by atoms with Crippen LogP contribution in [0.3, 0.4) is 0 Å². The van der Waals surface area contributed by atoms with Gasteiger partial charge in [-0.3, -0.25) is 10.1 Å². The maximum absolute atomic E-state index is 10.7. The van der Waals surface area contributed by atoms with Gasteiger partial charge in [-0.25, -0.2) is 0 Å². The molecule has 2 aromatic carbocycles. The van der Waals surface area contributed by atoms with Crippen LogP contribution in [0.1, 0.15) is 11.5 Å². The predicted octanol–water partition coefficient (Wildman–Crippen LogP) is 4.09. The third-order valence-corrected chi connectivity index (χ3v) is 4.41. The molecule has 3 aromatic rings. The van der Waals surface area contributed by atoms with E-state index in [-0.39, 0.29) is 5.69 Å². The highest BCUT2D eigenvalue weighted by Gasteiger charge is 2.11. The topological polar surface area (TPSA) is 91.3 Å². The number of non-ortho nitro benzene ring substituents is 1. The predicted molar refractivity (Wildman–Crippen MR) is 94.4 cm³/mol. The molecule has 0 bridgehead atoms. The van der Waals surface area contributed by atoms with Crippen molar-refractivity contribution in [1.29, 1.82) is 0 Å². The molecule has 0 N–H and O–H groups in total. The van der Waals surface area contributed by atoms with Crippen LogP contribution >= 0.6 is 11.8 Å². The van der Waals surface area contributed by atoms with E-state index in [1.54, 1.807) is 31.0 Å². The number of rotatable bonds is 7. The molecule has 0 saturated heterocycles. The molecule has 0 aliphatic heterocycles. The molecule has 0 spiro atoms. The highest BCUT2D eigenvalue weighted by Crippen LogP contribution is 2.24. The van der Waals surface area contributed by atoms with Crippen molar-refractivity contribution in [1.82, 2.24) is 10.2 Å². The summed E-state index contributed by atoms with van der Waals surface area (Å²) in [6.45, 7) is 0. The van der Waals surface area contributed by atoms with E-state index in [0.717, 1.165) is 17.1 Å². The Kier molecular flexibility index (Phi) is 5.30. The number of ether oxygens (including phenoxy) is 1. The van der Waals surface area contributed by atoms with E-state index >= 15 is 0 Å². The number of benzene rings is 2. The van der Waals surface area contributed by atoms with Crippen LogP contribution < -0.4 is 4.74 Å². The number of hydrogen-bond acceptors (Lipinski definition) is 7. The molecule has 0 atom stereocenters. The van der Waals surface area contributed by atoms with E-state index in [1.165, 1.54) is 12.1 Å². The fourth-order valence-corrected chi connectivity index (χ4v) is 2.98. The molecule has 0 fully saturated rings. The van der Waals surface area contributed by atoms with E-state index in [2.05, 4.69) is 10.2 Å². The van der Waals surface area contributed by atoms with Crippen molar-refractivity contribution >= 4 is 17.4 Å². The van der Waals surface area contributed by atoms with Gasteiger partial charge in [0.05, 0.1) is 17.8 Å². The molecule has 3 rings (SSSR count). The largest absolute Gasteiger partial charge is 0.497 e. The van der Waals surface area contributed by atoms with Gasteiger partial charge in [-0.2, -0.15) is 0 Å². The van der Waals surface area contributed by atoms with Crippen LogP contribution in [0.4, 0.5) is 5.69 Å². The highest BCUT2D eigenvalue weighted by molar-refractivity contribution is 7.97. The van der Waals surface area contributed by atoms with Crippen molar-refractivity contribution < 1.29 is 14.1 Å². The minimum Gasteiger partial charge on any atom is -0.497 e. The summed E-state index contributed by atoms with van der Waals surface area (Å²) in [5.41, 5.74) is 1.83. The Labute approximate surface area is 148 Å².